The van der Waals surface area contributed by atoms with Crippen LogP contribution in [-0.2, 0) is 0 Å². The third kappa shape index (κ3) is 3.84. The maximum atomic E-state index is 12.2. The fourth-order valence-electron chi connectivity index (χ4n) is 1.45. The summed E-state index contributed by atoms with van der Waals surface area (Å²) in [6, 6.07) is 7.48. The first-order valence-corrected chi connectivity index (χ1v) is 8.79. The maximum Gasteiger partial charge on any atom is 0.258 e. The van der Waals surface area contributed by atoms with Gasteiger partial charge in [-0.05, 0) is 18.4 Å². The van der Waals surface area contributed by atoms with Crippen LogP contribution < -0.4 is 5.32 Å². The van der Waals surface area contributed by atoms with Crippen LogP contribution in [0.25, 0.3) is 0 Å². The van der Waals surface area contributed by atoms with E-state index in [1.807, 2.05) is 24.5 Å². The number of benzene rings is 1. The molecule has 1 aromatic heterocycles. The highest BCUT2D eigenvalue weighted by Crippen LogP contribution is 2.26. The quantitative estimate of drug-likeness (QED) is 0.498. The molecular weight excluding hydrogens is 310 g/mol. The lowest BCUT2D eigenvalue weighted by molar-refractivity contribution is 0.102. The molecule has 0 aliphatic carbocycles. The first kappa shape index (κ1) is 15.1. The zero-order valence-corrected chi connectivity index (χ0v) is 13.3. The number of hydrogen-bond acceptors (Lipinski definition) is 6. The molecule has 0 radical (unpaired) electrons. The van der Waals surface area contributed by atoms with Crippen molar-refractivity contribution in [3.63, 3.8) is 0 Å². The van der Waals surface area contributed by atoms with Crippen LogP contribution in [0.15, 0.2) is 46.2 Å². The van der Waals surface area contributed by atoms with Gasteiger partial charge in [0.05, 0.1) is 5.56 Å². The lowest BCUT2D eigenvalue weighted by atomic mass is 10.2. The van der Waals surface area contributed by atoms with Crippen LogP contribution in [-0.4, -0.2) is 28.1 Å². The first-order valence-electron chi connectivity index (χ1n) is 5.76. The molecular formula is C13H13N3OS3. The van der Waals surface area contributed by atoms with Crippen molar-refractivity contribution in [2.24, 2.45) is 0 Å². The minimum absolute atomic E-state index is 0.161. The Morgan fingerprint density at radius 1 is 1.45 bits per heavy atom. The summed E-state index contributed by atoms with van der Waals surface area (Å²) in [4.78, 5) is 13.1. The number of anilines is 1. The van der Waals surface area contributed by atoms with Crippen LogP contribution in [0.3, 0.4) is 0 Å². The Balaban J connectivity index is 2.07. The van der Waals surface area contributed by atoms with Gasteiger partial charge in [0.25, 0.3) is 5.91 Å². The molecule has 20 heavy (non-hydrogen) atoms. The molecule has 1 amide bonds. The van der Waals surface area contributed by atoms with E-state index in [2.05, 4.69) is 22.1 Å². The van der Waals surface area contributed by atoms with Crippen molar-refractivity contribution in [3.8, 4) is 0 Å². The second-order valence-electron chi connectivity index (χ2n) is 3.63. The van der Waals surface area contributed by atoms with E-state index in [1.54, 1.807) is 35.7 Å². The van der Waals surface area contributed by atoms with Crippen molar-refractivity contribution < 1.29 is 4.79 Å². The third-order valence-electron chi connectivity index (χ3n) is 2.30. The van der Waals surface area contributed by atoms with Gasteiger partial charge >= 0.3 is 0 Å². The van der Waals surface area contributed by atoms with E-state index in [-0.39, 0.29) is 5.91 Å². The molecule has 104 valence electrons. The summed E-state index contributed by atoms with van der Waals surface area (Å²) >= 11 is 4.45. The third-order valence-corrected chi connectivity index (χ3v) is 5.07. The molecule has 0 unspecified atom stereocenters. The SMILES string of the molecule is C=CCSc1nnc(NC(=O)c2ccccc2SC)s1. The number of hydrogen-bond donors (Lipinski definition) is 1. The zero-order chi connectivity index (χ0) is 14.4. The second kappa shape index (κ2) is 7.47. The number of rotatable bonds is 6. The largest absolute Gasteiger partial charge is 0.296 e. The van der Waals surface area contributed by atoms with Crippen LogP contribution in [0.4, 0.5) is 5.13 Å². The fraction of sp³-hybridized carbons (Fsp3) is 0.154. The van der Waals surface area contributed by atoms with E-state index in [1.165, 1.54) is 11.3 Å². The molecule has 1 aromatic carbocycles. The number of carbonyl (C=O) groups is 1. The number of nitrogens with zero attached hydrogens (tertiary/aromatic N) is 2. The minimum atomic E-state index is -0.161. The highest BCUT2D eigenvalue weighted by Gasteiger charge is 2.13. The molecule has 0 bridgehead atoms. The molecule has 2 rings (SSSR count). The predicted molar refractivity (Wildman–Crippen MR) is 87.0 cm³/mol. The van der Waals surface area contributed by atoms with Gasteiger partial charge in [-0.1, -0.05) is 41.3 Å². The Morgan fingerprint density at radius 2 is 2.25 bits per heavy atom. The van der Waals surface area contributed by atoms with Crippen LogP contribution in [0.5, 0.6) is 0 Å². The first-order chi connectivity index (χ1) is 9.74. The molecule has 0 atom stereocenters. The van der Waals surface area contributed by atoms with Crippen molar-refractivity contribution in [2.45, 2.75) is 9.24 Å². The summed E-state index contributed by atoms with van der Waals surface area (Å²) in [5.74, 6) is 0.615. The number of amides is 1. The van der Waals surface area contributed by atoms with Gasteiger partial charge in [-0.25, -0.2) is 0 Å². The predicted octanol–water partition coefficient (Wildman–Crippen LogP) is 3.79. The maximum absolute atomic E-state index is 12.2. The molecule has 1 heterocycles. The van der Waals surface area contributed by atoms with Gasteiger partial charge in [0.15, 0.2) is 4.34 Å². The standard InChI is InChI=1S/C13H13N3OS3/c1-3-8-19-13-16-15-12(20-13)14-11(17)9-6-4-5-7-10(9)18-2/h3-7H,1,8H2,2H3,(H,14,15,17). The summed E-state index contributed by atoms with van der Waals surface area (Å²) < 4.78 is 0.818. The summed E-state index contributed by atoms with van der Waals surface area (Å²) in [5, 5.41) is 11.3. The highest BCUT2D eigenvalue weighted by molar-refractivity contribution is 8.01. The zero-order valence-electron chi connectivity index (χ0n) is 10.8. The van der Waals surface area contributed by atoms with E-state index >= 15 is 0 Å². The molecule has 4 nitrogen and oxygen atoms in total. The van der Waals surface area contributed by atoms with Crippen molar-refractivity contribution in [2.75, 3.05) is 17.3 Å². The van der Waals surface area contributed by atoms with Gasteiger partial charge in [-0.2, -0.15) is 0 Å². The van der Waals surface area contributed by atoms with Gasteiger partial charge in [0.1, 0.15) is 0 Å². The summed E-state index contributed by atoms with van der Waals surface area (Å²) in [5.41, 5.74) is 0.649. The van der Waals surface area contributed by atoms with E-state index in [0.29, 0.717) is 10.7 Å². The number of carbonyl (C=O) groups excluding carboxylic acids is 1. The van der Waals surface area contributed by atoms with Gasteiger partial charge in [-0.15, -0.1) is 28.5 Å². The molecule has 0 saturated carbocycles. The fourth-order valence-corrected chi connectivity index (χ4v) is 3.55. The number of aromatic nitrogens is 2. The minimum Gasteiger partial charge on any atom is -0.296 e. The van der Waals surface area contributed by atoms with E-state index in [4.69, 9.17) is 0 Å². The smallest absolute Gasteiger partial charge is 0.258 e. The van der Waals surface area contributed by atoms with Gasteiger partial charge in [0, 0.05) is 10.6 Å². The van der Waals surface area contributed by atoms with Crippen molar-refractivity contribution in [3.05, 3.63) is 42.5 Å². The Bertz CT molecular complexity index is 612. The van der Waals surface area contributed by atoms with Crippen LogP contribution >= 0.6 is 34.9 Å². The lowest BCUT2D eigenvalue weighted by Crippen LogP contribution is -2.12. The molecule has 2 aromatic rings. The van der Waals surface area contributed by atoms with E-state index in [9.17, 15) is 4.79 Å². The molecule has 0 spiro atoms. The molecule has 0 saturated heterocycles. The average Bonchev–Trinajstić information content (AvgIpc) is 2.92. The van der Waals surface area contributed by atoms with Crippen molar-refractivity contribution in [1.29, 1.82) is 0 Å². The monoisotopic (exact) mass is 323 g/mol. The van der Waals surface area contributed by atoms with Gasteiger partial charge < -0.3 is 0 Å². The summed E-state index contributed by atoms with van der Waals surface area (Å²) in [6.45, 7) is 3.65. The topological polar surface area (TPSA) is 54.9 Å². The number of nitrogens with one attached hydrogen (secondary N) is 1. The molecule has 1 N–H and O–H groups in total. The van der Waals surface area contributed by atoms with Crippen LogP contribution in [0, 0.1) is 0 Å². The molecule has 0 fully saturated rings. The summed E-state index contributed by atoms with van der Waals surface area (Å²) in [7, 11) is 0. The number of thioether (sulfide) groups is 2. The Morgan fingerprint density at radius 3 is 3.00 bits per heavy atom. The Kier molecular flexibility index (Phi) is 5.63. The average molecular weight is 323 g/mol. The molecule has 7 heteroatoms. The van der Waals surface area contributed by atoms with Gasteiger partial charge in [0.2, 0.25) is 5.13 Å². The van der Waals surface area contributed by atoms with E-state index in [0.717, 1.165) is 15.0 Å². The normalized spacial score (nSPS) is 10.2. The molecule has 0 aliphatic rings. The van der Waals surface area contributed by atoms with Crippen molar-refractivity contribution >= 4 is 45.9 Å². The highest BCUT2D eigenvalue weighted by atomic mass is 32.2. The Hall–Kier alpha value is -1.31. The van der Waals surface area contributed by atoms with Crippen LogP contribution in [0.2, 0.25) is 0 Å². The van der Waals surface area contributed by atoms with E-state index < -0.39 is 0 Å². The molecule has 0 aliphatic heterocycles. The summed E-state index contributed by atoms with van der Waals surface area (Å²) in [6.07, 6.45) is 3.75. The van der Waals surface area contributed by atoms with Gasteiger partial charge in [-0.3, -0.25) is 10.1 Å². The Labute approximate surface area is 130 Å². The second-order valence-corrected chi connectivity index (χ2v) is 6.72. The van der Waals surface area contributed by atoms with Crippen LogP contribution in [0.1, 0.15) is 10.4 Å². The lowest BCUT2D eigenvalue weighted by Gasteiger charge is -2.05. The van der Waals surface area contributed by atoms with Crippen molar-refractivity contribution in [1.82, 2.24) is 10.2 Å².